The van der Waals surface area contributed by atoms with Gasteiger partial charge in [0, 0.05) is 19.3 Å². The van der Waals surface area contributed by atoms with E-state index in [0.29, 0.717) is 19.3 Å². The van der Waals surface area contributed by atoms with E-state index in [4.69, 9.17) is 14.2 Å². The zero-order chi connectivity index (χ0) is 47.9. The van der Waals surface area contributed by atoms with Crippen LogP contribution < -0.4 is 0 Å². The summed E-state index contributed by atoms with van der Waals surface area (Å²) in [5.41, 5.74) is 0. The topological polar surface area (TPSA) is 78.9 Å². The fourth-order valence-electron chi connectivity index (χ4n) is 7.33. The Balaban J connectivity index is 4.08. The van der Waals surface area contributed by atoms with E-state index in [1.807, 2.05) is 12.2 Å². The maximum atomic E-state index is 12.7. The molecule has 1 unspecified atom stereocenters. The molecule has 0 aromatic carbocycles. The highest BCUT2D eigenvalue weighted by Gasteiger charge is 2.19. The molecule has 1 atom stereocenters. The SMILES string of the molecule is CC/C=C\C/C=C\C/C=C\C/C=C\CCCCCCCCCCCCCCCCCCC(=O)OCC(COC(=O)CCCCCCCC)OC(=O)CC/C=C\C/C=C\C/C=C\C/C=C\CC. The predicted octanol–water partition coefficient (Wildman–Crippen LogP) is 18.1. The molecule has 0 fully saturated rings. The molecule has 0 rings (SSSR count). The first-order chi connectivity index (χ1) is 32.5. The van der Waals surface area contributed by atoms with Crippen molar-refractivity contribution in [3.8, 4) is 0 Å². The Morgan fingerprint density at radius 2 is 0.621 bits per heavy atom. The first-order valence-corrected chi connectivity index (χ1v) is 27.2. The molecule has 6 nitrogen and oxygen atoms in total. The lowest BCUT2D eigenvalue weighted by Gasteiger charge is -2.18. The van der Waals surface area contributed by atoms with Gasteiger partial charge in [0.05, 0.1) is 0 Å². The number of hydrogen-bond donors (Lipinski definition) is 0. The molecule has 0 spiro atoms. The second-order valence-corrected chi connectivity index (χ2v) is 17.7. The Kier molecular flexibility index (Phi) is 50.9. The lowest BCUT2D eigenvalue weighted by Crippen LogP contribution is -2.30. The lowest BCUT2D eigenvalue weighted by molar-refractivity contribution is -0.166. The van der Waals surface area contributed by atoms with E-state index in [2.05, 4.69) is 106 Å². The number of unbranched alkanes of at least 4 members (excludes halogenated alkanes) is 21. The van der Waals surface area contributed by atoms with Crippen LogP contribution in [0.1, 0.15) is 245 Å². The van der Waals surface area contributed by atoms with E-state index in [1.54, 1.807) is 0 Å². The lowest BCUT2D eigenvalue weighted by atomic mass is 10.0. The Bertz CT molecular complexity index is 1330. The first kappa shape index (κ1) is 62.3. The molecule has 0 aliphatic heterocycles. The molecule has 0 bridgehead atoms. The monoisotopic (exact) mass is 917 g/mol. The van der Waals surface area contributed by atoms with Crippen LogP contribution in [0.15, 0.2) is 97.2 Å². The van der Waals surface area contributed by atoms with Crippen LogP contribution >= 0.6 is 0 Å². The van der Waals surface area contributed by atoms with Crippen LogP contribution in [0.4, 0.5) is 0 Å². The minimum absolute atomic E-state index is 0.105. The molecule has 0 aliphatic carbocycles. The van der Waals surface area contributed by atoms with Crippen molar-refractivity contribution in [2.75, 3.05) is 13.2 Å². The van der Waals surface area contributed by atoms with Crippen LogP contribution in [0, 0.1) is 0 Å². The number of ether oxygens (including phenoxy) is 3. The molecular formula is C60H100O6. The van der Waals surface area contributed by atoms with Gasteiger partial charge in [0.15, 0.2) is 6.10 Å². The van der Waals surface area contributed by atoms with Crippen LogP contribution in [0.5, 0.6) is 0 Å². The van der Waals surface area contributed by atoms with Gasteiger partial charge in [-0.2, -0.15) is 0 Å². The Hall–Kier alpha value is -3.67. The van der Waals surface area contributed by atoms with E-state index in [0.717, 1.165) is 89.9 Å². The molecule has 0 heterocycles. The maximum absolute atomic E-state index is 12.7. The van der Waals surface area contributed by atoms with Crippen molar-refractivity contribution in [3.63, 3.8) is 0 Å². The fourth-order valence-corrected chi connectivity index (χ4v) is 7.33. The van der Waals surface area contributed by atoms with Gasteiger partial charge in [0.25, 0.3) is 0 Å². The molecule has 0 amide bonds. The largest absolute Gasteiger partial charge is 0.462 e. The smallest absolute Gasteiger partial charge is 0.306 e. The minimum atomic E-state index is -0.810. The van der Waals surface area contributed by atoms with Crippen LogP contribution in [-0.2, 0) is 28.6 Å². The molecule has 0 saturated carbocycles. The number of esters is 3. The summed E-state index contributed by atoms with van der Waals surface area (Å²) in [4.78, 5) is 37.7. The molecule has 0 radical (unpaired) electrons. The molecular weight excluding hydrogens is 817 g/mol. The van der Waals surface area contributed by atoms with Crippen molar-refractivity contribution >= 4 is 17.9 Å². The van der Waals surface area contributed by atoms with Gasteiger partial charge in [-0.1, -0.05) is 240 Å². The number of carbonyl (C=O) groups excluding carboxylic acids is 3. The van der Waals surface area contributed by atoms with Gasteiger partial charge in [-0.15, -0.1) is 0 Å². The van der Waals surface area contributed by atoms with E-state index >= 15 is 0 Å². The average molecular weight is 917 g/mol. The van der Waals surface area contributed by atoms with Crippen LogP contribution in [-0.4, -0.2) is 37.2 Å². The highest BCUT2D eigenvalue weighted by Crippen LogP contribution is 2.15. The van der Waals surface area contributed by atoms with Crippen molar-refractivity contribution in [2.45, 2.75) is 252 Å². The van der Waals surface area contributed by atoms with Crippen molar-refractivity contribution < 1.29 is 28.6 Å². The molecule has 0 aromatic rings. The summed E-state index contributed by atoms with van der Waals surface area (Å²) in [6, 6.07) is 0. The number of hydrogen-bond acceptors (Lipinski definition) is 6. The summed E-state index contributed by atoms with van der Waals surface area (Å²) < 4.78 is 16.6. The van der Waals surface area contributed by atoms with Crippen LogP contribution in [0.25, 0.3) is 0 Å². The highest BCUT2D eigenvalue weighted by molar-refractivity contribution is 5.71. The number of allylic oxidation sites excluding steroid dienone is 16. The molecule has 66 heavy (non-hydrogen) atoms. The quantitative estimate of drug-likeness (QED) is 0.0262. The zero-order valence-electron chi connectivity index (χ0n) is 42.9. The summed E-state index contributed by atoms with van der Waals surface area (Å²) in [6.45, 7) is 6.28. The molecule has 0 N–H and O–H groups in total. The summed E-state index contributed by atoms with van der Waals surface area (Å²) in [5.74, 6) is -0.998. The standard InChI is InChI=1S/C60H100O6/c1-4-7-10-13-16-18-20-22-23-24-25-26-27-28-29-30-31-32-33-34-35-36-37-39-40-42-44-47-50-53-59(62)65-56-57(55-64-58(61)52-49-46-15-12-9-6-3)66-60(63)54-51-48-45-43-41-38-21-19-17-14-11-8-5-2/h7-8,10-11,16-19,22-23,25-26,38,41,45,48,57H,4-6,9,12-15,20-21,24,27-37,39-40,42-44,46-47,49-56H2,1-3H3/b10-7-,11-8-,18-16-,19-17-,23-22-,26-25-,41-38-,48-45-. The fraction of sp³-hybridized carbons (Fsp3) is 0.683. The van der Waals surface area contributed by atoms with Gasteiger partial charge >= 0.3 is 17.9 Å². The molecule has 376 valence electrons. The summed E-state index contributed by atoms with van der Waals surface area (Å²) in [6.07, 6.45) is 71.7. The second kappa shape index (κ2) is 53.9. The third kappa shape index (κ3) is 51.3. The van der Waals surface area contributed by atoms with Crippen molar-refractivity contribution in [1.82, 2.24) is 0 Å². The summed E-state index contributed by atoms with van der Waals surface area (Å²) in [5, 5.41) is 0. The van der Waals surface area contributed by atoms with Crippen LogP contribution in [0.3, 0.4) is 0 Å². The number of carbonyl (C=O) groups is 3. The van der Waals surface area contributed by atoms with E-state index in [-0.39, 0.29) is 31.6 Å². The average Bonchev–Trinajstić information content (AvgIpc) is 3.31. The molecule has 0 aromatic heterocycles. The van der Waals surface area contributed by atoms with Gasteiger partial charge < -0.3 is 14.2 Å². The predicted molar refractivity (Wildman–Crippen MR) is 284 cm³/mol. The van der Waals surface area contributed by atoms with Gasteiger partial charge in [-0.05, 0) is 83.5 Å². The third-order valence-corrected chi connectivity index (χ3v) is 11.3. The summed E-state index contributed by atoms with van der Waals surface area (Å²) >= 11 is 0. The number of rotatable bonds is 48. The van der Waals surface area contributed by atoms with Gasteiger partial charge in [0.1, 0.15) is 13.2 Å². The summed E-state index contributed by atoms with van der Waals surface area (Å²) in [7, 11) is 0. The van der Waals surface area contributed by atoms with Gasteiger partial charge in [-0.25, -0.2) is 0 Å². The first-order valence-electron chi connectivity index (χ1n) is 27.2. The van der Waals surface area contributed by atoms with Gasteiger partial charge in [0.2, 0.25) is 0 Å². The Labute approximate surface area is 407 Å². The van der Waals surface area contributed by atoms with Crippen molar-refractivity contribution in [1.29, 1.82) is 0 Å². The van der Waals surface area contributed by atoms with Gasteiger partial charge in [-0.3, -0.25) is 14.4 Å². The molecule has 6 heteroatoms. The minimum Gasteiger partial charge on any atom is -0.462 e. The molecule has 0 saturated heterocycles. The van der Waals surface area contributed by atoms with E-state index in [1.165, 1.54) is 109 Å². The van der Waals surface area contributed by atoms with E-state index in [9.17, 15) is 14.4 Å². The van der Waals surface area contributed by atoms with Crippen molar-refractivity contribution in [2.24, 2.45) is 0 Å². The maximum Gasteiger partial charge on any atom is 0.306 e. The Morgan fingerprint density at radius 1 is 0.318 bits per heavy atom. The van der Waals surface area contributed by atoms with Crippen LogP contribution in [0.2, 0.25) is 0 Å². The second-order valence-electron chi connectivity index (χ2n) is 17.7. The Morgan fingerprint density at radius 3 is 0.985 bits per heavy atom. The van der Waals surface area contributed by atoms with Crippen molar-refractivity contribution in [3.05, 3.63) is 97.2 Å². The molecule has 0 aliphatic rings. The third-order valence-electron chi connectivity index (χ3n) is 11.3. The van der Waals surface area contributed by atoms with E-state index < -0.39 is 12.1 Å². The zero-order valence-corrected chi connectivity index (χ0v) is 42.9. The normalized spacial score (nSPS) is 12.8. The highest BCUT2D eigenvalue weighted by atomic mass is 16.6.